The number of phenolic OH excluding ortho intramolecular Hbond substituents is 1. The molecule has 0 spiro atoms. The number of nitrogens with one attached hydrogen (secondary N) is 2. The van der Waals surface area contributed by atoms with Crippen LogP contribution >= 0.6 is 0 Å². The molecule has 0 aliphatic carbocycles. The van der Waals surface area contributed by atoms with Gasteiger partial charge < -0.3 is 25.4 Å². The second-order valence-corrected chi connectivity index (χ2v) is 7.83. The predicted octanol–water partition coefficient (Wildman–Crippen LogP) is 4.31. The first-order valence-corrected chi connectivity index (χ1v) is 10.7. The number of anilines is 3. The molecule has 1 aliphatic rings. The molecule has 0 aromatic heterocycles. The van der Waals surface area contributed by atoms with E-state index in [1.54, 1.807) is 23.1 Å². The van der Waals surface area contributed by atoms with Crippen LogP contribution in [0.1, 0.15) is 33.6 Å². The lowest BCUT2D eigenvalue weighted by Crippen LogP contribution is -2.24. The van der Waals surface area contributed by atoms with E-state index in [-0.39, 0.29) is 22.7 Å². The number of halogens is 2. The van der Waals surface area contributed by atoms with Crippen LogP contribution in [0.25, 0.3) is 0 Å². The van der Waals surface area contributed by atoms with Gasteiger partial charge in [-0.15, -0.1) is 0 Å². The Hall–Kier alpha value is -4.47. The SMILES string of the molecule is COc1cc(NC(=O)c2ccc(NC(=O)c3cc(F)cc(F)c3)cc2O)ccc1N1CCCC1=O. The Balaban J connectivity index is 1.47. The Morgan fingerprint density at radius 3 is 2.23 bits per heavy atom. The summed E-state index contributed by atoms with van der Waals surface area (Å²) >= 11 is 0. The number of methoxy groups -OCH3 is 1. The molecule has 3 N–H and O–H groups in total. The molecule has 1 heterocycles. The first kappa shape index (κ1) is 23.7. The Labute approximate surface area is 199 Å². The summed E-state index contributed by atoms with van der Waals surface area (Å²) in [6.07, 6.45) is 1.23. The molecular weight excluding hydrogens is 460 g/mol. The molecule has 10 heteroatoms. The van der Waals surface area contributed by atoms with Gasteiger partial charge in [0, 0.05) is 48.1 Å². The van der Waals surface area contributed by atoms with Crippen LogP contribution in [0.15, 0.2) is 54.6 Å². The Kier molecular flexibility index (Phi) is 6.63. The highest BCUT2D eigenvalue weighted by molar-refractivity contribution is 6.08. The van der Waals surface area contributed by atoms with Crippen LogP contribution in [0.2, 0.25) is 0 Å². The van der Waals surface area contributed by atoms with Gasteiger partial charge in [-0.2, -0.15) is 0 Å². The maximum absolute atomic E-state index is 13.3. The maximum Gasteiger partial charge on any atom is 0.259 e. The van der Waals surface area contributed by atoms with Crippen molar-refractivity contribution in [2.24, 2.45) is 0 Å². The van der Waals surface area contributed by atoms with Crippen LogP contribution in [0, 0.1) is 11.6 Å². The number of rotatable bonds is 6. The summed E-state index contributed by atoms with van der Waals surface area (Å²) in [6, 6.07) is 11.1. The molecular formula is C25H21F2N3O5. The van der Waals surface area contributed by atoms with Gasteiger partial charge >= 0.3 is 0 Å². The fourth-order valence-electron chi connectivity index (χ4n) is 3.77. The van der Waals surface area contributed by atoms with Crippen LogP contribution in [0.3, 0.4) is 0 Å². The number of phenols is 1. The van der Waals surface area contributed by atoms with Crippen LogP contribution in [-0.2, 0) is 4.79 Å². The molecule has 0 unspecified atom stereocenters. The van der Waals surface area contributed by atoms with E-state index in [4.69, 9.17) is 4.74 Å². The monoisotopic (exact) mass is 481 g/mol. The zero-order valence-electron chi connectivity index (χ0n) is 18.6. The Morgan fingerprint density at radius 2 is 1.60 bits per heavy atom. The molecule has 3 aromatic carbocycles. The third-order valence-corrected chi connectivity index (χ3v) is 5.43. The molecule has 1 fully saturated rings. The van der Waals surface area contributed by atoms with Gasteiger partial charge in [-0.25, -0.2) is 8.78 Å². The largest absolute Gasteiger partial charge is 0.507 e. The number of hydrogen-bond acceptors (Lipinski definition) is 5. The molecule has 35 heavy (non-hydrogen) atoms. The zero-order valence-corrected chi connectivity index (χ0v) is 18.6. The van der Waals surface area contributed by atoms with Gasteiger partial charge in [0.25, 0.3) is 11.8 Å². The maximum atomic E-state index is 13.3. The van der Waals surface area contributed by atoms with Crippen molar-refractivity contribution in [3.05, 3.63) is 77.4 Å². The molecule has 0 bridgehead atoms. The summed E-state index contributed by atoms with van der Waals surface area (Å²) in [5.41, 5.74) is 0.797. The fourth-order valence-corrected chi connectivity index (χ4v) is 3.77. The molecule has 3 aromatic rings. The van der Waals surface area contributed by atoms with E-state index in [9.17, 15) is 28.3 Å². The van der Waals surface area contributed by atoms with E-state index in [0.717, 1.165) is 24.6 Å². The van der Waals surface area contributed by atoms with E-state index in [1.807, 2.05) is 0 Å². The third kappa shape index (κ3) is 5.21. The number of benzene rings is 3. The average molecular weight is 481 g/mol. The first-order valence-electron chi connectivity index (χ1n) is 10.7. The number of amides is 3. The minimum absolute atomic E-state index is 0.000257. The predicted molar refractivity (Wildman–Crippen MR) is 125 cm³/mol. The van der Waals surface area contributed by atoms with Gasteiger partial charge in [-0.1, -0.05) is 0 Å². The summed E-state index contributed by atoms with van der Waals surface area (Å²) in [5.74, 6) is -3.22. The van der Waals surface area contributed by atoms with Crippen LogP contribution in [0.4, 0.5) is 25.8 Å². The average Bonchev–Trinajstić information content (AvgIpc) is 3.23. The lowest BCUT2D eigenvalue weighted by Gasteiger charge is -2.19. The molecule has 0 atom stereocenters. The number of carbonyl (C=O) groups is 3. The van der Waals surface area contributed by atoms with Crippen molar-refractivity contribution in [1.82, 2.24) is 0 Å². The highest BCUT2D eigenvalue weighted by atomic mass is 19.1. The summed E-state index contributed by atoms with van der Waals surface area (Å²) in [5, 5.41) is 15.4. The van der Waals surface area contributed by atoms with E-state index in [1.165, 1.54) is 19.2 Å². The van der Waals surface area contributed by atoms with E-state index >= 15 is 0 Å². The Bertz CT molecular complexity index is 1310. The highest BCUT2D eigenvalue weighted by Gasteiger charge is 2.25. The van der Waals surface area contributed by atoms with Crippen molar-refractivity contribution < 1.29 is 33.0 Å². The Morgan fingerprint density at radius 1 is 0.943 bits per heavy atom. The van der Waals surface area contributed by atoms with Crippen molar-refractivity contribution in [3.8, 4) is 11.5 Å². The molecule has 0 radical (unpaired) electrons. The lowest BCUT2D eigenvalue weighted by molar-refractivity contribution is -0.117. The summed E-state index contributed by atoms with van der Waals surface area (Å²) in [4.78, 5) is 38.6. The number of nitrogens with zero attached hydrogens (tertiary/aromatic N) is 1. The topological polar surface area (TPSA) is 108 Å². The third-order valence-electron chi connectivity index (χ3n) is 5.43. The highest BCUT2D eigenvalue weighted by Crippen LogP contribution is 2.34. The van der Waals surface area contributed by atoms with Crippen molar-refractivity contribution in [2.45, 2.75) is 12.8 Å². The van der Waals surface area contributed by atoms with Crippen molar-refractivity contribution in [2.75, 3.05) is 29.2 Å². The van der Waals surface area contributed by atoms with E-state index in [2.05, 4.69) is 10.6 Å². The van der Waals surface area contributed by atoms with Gasteiger partial charge in [-0.05, 0) is 42.8 Å². The van der Waals surface area contributed by atoms with Crippen LogP contribution < -0.4 is 20.3 Å². The van der Waals surface area contributed by atoms with Gasteiger partial charge in [0.05, 0.1) is 18.4 Å². The minimum atomic E-state index is -0.901. The van der Waals surface area contributed by atoms with Gasteiger partial charge in [0.1, 0.15) is 23.1 Å². The molecule has 8 nitrogen and oxygen atoms in total. The van der Waals surface area contributed by atoms with Crippen LogP contribution in [-0.4, -0.2) is 36.5 Å². The van der Waals surface area contributed by atoms with E-state index < -0.39 is 29.2 Å². The number of carbonyl (C=O) groups excluding carboxylic acids is 3. The molecule has 0 saturated carbocycles. The van der Waals surface area contributed by atoms with Gasteiger partial charge in [0.15, 0.2) is 0 Å². The van der Waals surface area contributed by atoms with Gasteiger partial charge in [0.2, 0.25) is 5.91 Å². The lowest BCUT2D eigenvalue weighted by atomic mass is 10.1. The summed E-state index contributed by atoms with van der Waals surface area (Å²) < 4.78 is 32.1. The normalized spacial score (nSPS) is 13.0. The smallest absolute Gasteiger partial charge is 0.259 e. The van der Waals surface area contributed by atoms with Crippen molar-refractivity contribution in [3.63, 3.8) is 0 Å². The second kappa shape index (κ2) is 9.80. The van der Waals surface area contributed by atoms with Crippen molar-refractivity contribution >= 4 is 34.8 Å². The molecule has 180 valence electrons. The number of ether oxygens (including phenoxy) is 1. The zero-order chi connectivity index (χ0) is 25.1. The molecule has 3 amide bonds. The number of hydrogen-bond donors (Lipinski definition) is 3. The summed E-state index contributed by atoms with van der Waals surface area (Å²) in [7, 11) is 1.46. The number of aromatic hydroxyl groups is 1. The van der Waals surface area contributed by atoms with Crippen LogP contribution in [0.5, 0.6) is 11.5 Å². The van der Waals surface area contributed by atoms with Gasteiger partial charge in [-0.3, -0.25) is 14.4 Å². The minimum Gasteiger partial charge on any atom is -0.507 e. The summed E-state index contributed by atoms with van der Waals surface area (Å²) in [6.45, 7) is 0.589. The molecule has 1 aliphatic heterocycles. The molecule has 1 saturated heterocycles. The molecule has 4 rings (SSSR count). The second-order valence-electron chi connectivity index (χ2n) is 7.83. The standard InChI is InChI=1S/C25H21F2N3O5/c1-35-22-13-18(5-7-20(22)30-8-2-3-23(30)32)29-25(34)19-6-4-17(12-21(19)31)28-24(33)14-9-15(26)11-16(27)10-14/h4-7,9-13,31H,2-3,8H2,1H3,(H,28,33)(H,29,34). The van der Waals surface area contributed by atoms with Crippen molar-refractivity contribution in [1.29, 1.82) is 0 Å². The fraction of sp³-hybridized carbons (Fsp3) is 0.160. The first-order chi connectivity index (χ1) is 16.7. The quantitative estimate of drug-likeness (QED) is 0.486. The van der Waals surface area contributed by atoms with E-state index in [0.29, 0.717) is 36.2 Å².